The lowest BCUT2D eigenvalue weighted by molar-refractivity contribution is 0.0103. The van der Waals surface area contributed by atoms with Gasteiger partial charge in [-0.15, -0.1) is 5.92 Å². The van der Waals surface area contributed by atoms with Crippen molar-refractivity contribution in [1.82, 2.24) is 0 Å². The Bertz CT molecular complexity index is 245. The van der Waals surface area contributed by atoms with Crippen LogP contribution in [-0.4, -0.2) is 17.1 Å². The van der Waals surface area contributed by atoms with Crippen LogP contribution in [0, 0.1) is 11.8 Å². The van der Waals surface area contributed by atoms with Crippen LogP contribution in [0.2, 0.25) is 0 Å². The van der Waals surface area contributed by atoms with Crippen molar-refractivity contribution in [2.24, 2.45) is 0 Å². The van der Waals surface area contributed by atoms with E-state index in [0.717, 1.165) is 19.3 Å². The van der Waals surface area contributed by atoms with Gasteiger partial charge in [0, 0.05) is 13.5 Å². The highest BCUT2D eigenvalue weighted by Crippen LogP contribution is 2.30. The summed E-state index contributed by atoms with van der Waals surface area (Å²) >= 11 is 2.45. The average Bonchev–Trinajstić information content (AvgIpc) is 2.39. The van der Waals surface area contributed by atoms with Gasteiger partial charge in [0.2, 0.25) is 0 Å². The third kappa shape index (κ3) is 6.10. The van der Waals surface area contributed by atoms with Gasteiger partial charge >= 0.3 is 0 Å². The van der Waals surface area contributed by atoms with Crippen LogP contribution in [0.3, 0.4) is 0 Å². The van der Waals surface area contributed by atoms with Crippen LogP contribution in [0.1, 0.15) is 64.2 Å². The number of hydrogen-bond donors (Lipinski definition) is 0. The monoisotopic (exact) mass is 348 g/mol. The third-order valence-electron chi connectivity index (χ3n) is 3.55. The fraction of sp³-hybridized carbons (Fsp3) is 0.867. The van der Waals surface area contributed by atoms with Crippen molar-refractivity contribution < 1.29 is 4.74 Å². The molecular weight excluding hydrogens is 323 g/mol. The largest absolute Gasteiger partial charge is 0.366 e. The topological polar surface area (TPSA) is 9.23 Å². The van der Waals surface area contributed by atoms with Gasteiger partial charge in [-0.3, -0.25) is 0 Å². The standard InChI is InChI=1S/C15H25IO/c1-17-15(12-8-6-9-13-15)11-7-4-2-3-5-10-14-16/h2-6,8-10,12-14H2,1H3. The summed E-state index contributed by atoms with van der Waals surface area (Å²) in [7, 11) is 1.82. The van der Waals surface area contributed by atoms with Crippen molar-refractivity contribution in [3.63, 3.8) is 0 Å². The molecule has 0 saturated heterocycles. The summed E-state index contributed by atoms with van der Waals surface area (Å²) in [5, 5.41) is 0. The van der Waals surface area contributed by atoms with E-state index >= 15 is 0 Å². The molecule has 0 aromatic rings. The molecule has 0 bridgehead atoms. The maximum atomic E-state index is 5.65. The van der Waals surface area contributed by atoms with Crippen molar-refractivity contribution in [1.29, 1.82) is 0 Å². The van der Waals surface area contributed by atoms with Crippen LogP contribution in [0.4, 0.5) is 0 Å². The van der Waals surface area contributed by atoms with Crippen molar-refractivity contribution in [3.05, 3.63) is 0 Å². The number of ether oxygens (including phenoxy) is 1. The van der Waals surface area contributed by atoms with Gasteiger partial charge in [-0.2, -0.15) is 0 Å². The van der Waals surface area contributed by atoms with Crippen molar-refractivity contribution >= 4 is 22.6 Å². The third-order valence-corrected chi connectivity index (χ3v) is 4.32. The Morgan fingerprint density at radius 1 is 1.06 bits per heavy atom. The molecule has 0 radical (unpaired) electrons. The van der Waals surface area contributed by atoms with Crippen LogP contribution in [0.25, 0.3) is 0 Å². The molecule has 0 N–H and O–H groups in total. The van der Waals surface area contributed by atoms with Crippen LogP contribution in [-0.2, 0) is 4.74 Å². The maximum absolute atomic E-state index is 5.65. The van der Waals surface area contributed by atoms with E-state index in [2.05, 4.69) is 34.4 Å². The molecule has 1 nitrogen and oxygen atoms in total. The Morgan fingerprint density at radius 3 is 2.41 bits per heavy atom. The Labute approximate surface area is 120 Å². The fourth-order valence-corrected chi connectivity index (χ4v) is 2.93. The van der Waals surface area contributed by atoms with Gasteiger partial charge in [0.1, 0.15) is 5.60 Å². The molecule has 0 aromatic carbocycles. The van der Waals surface area contributed by atoms with E-state index in [9.17, 15) is 0 Å². The number of halogens is 1. The van der Waals surface area contributed by atoms with E-state index in [1.165, 1.54) is 49.4 Å². The molecule has 0 heterocycles. The zero-order valence-corrected chi connectivity index (χ0v) is 13.2. The molecule has 0 amide bonds. The lowest BCUT2D eigenvalue weighted by Crippen LogP contribution is -2.32. The van der Waals surface area contributed by atoms with Gasteiger partial charge in [-0.25, -0.2) is 0 Å². The van der Waals surface area contributed by atoms with Crippen molar-refractivity contribution in [3.8, 4) is 11.8 Å². The zero-order chi connectivity index (χ0) is 12.4. The minimum atomic E-state index is -0.0968. The summed E-state index contributed by atoms with van der Waals surface area (Å²) in [4.78, 5) is 0. The van der Waals surface area contributed by atoms with Crippen LogP contribution < -0.4 is 0 Å². The number of hydrogen-bond acceptors (Lipinski definition) is 1. The summed E-state index contributed by atoms with van der Waals surface area (Å²) in [6.07, 6.45) is 12.5. The molecule has 0 spiro atoms. The average molecular weight is 348 g/mol. The molecule has 1 saturated carbocycles. The van der Waals surface area contributed by atoms with E-state index in [-0.39, 0.29) is 5.60 Å². The highest BCUT2D eigenvalue weighted by atomic mass is 127. The lowest BCUT2D eigenvalue weighted by atomic mass is 9.85. The fourth-order valence-electron chi connectivity index (χ4n) is 2.39. The number of rotatable bonds is 6. The molecule has 0 atom stereocenters. The van der Waals surface area contributed by atoms with E-state index in [0.29, 0.717) is 0 Å². The molecular formula is C15H25IO. The van der Waals surface area contributed by atoms with Gasteiger partial charge in [-0.05, 0) is 43.0 Å². The van der Waals surface area contributed by atoms with Crippen molar-refractivity contribution in [2.45, 2.75) is 69.8 Å². The Kier molecular flexibility index (Phi) is 8.30. The quantitative estimate of drug-likeness (QED) is 0.292. The second-order valence-corrected chi connectivity index (χ2v) is 5.99. The zero-order valence-electron chi connectivity index (χ0n) is 11.1. The first-order chi connectivity index (χ1) is 8.33. The first kappa shape index (κ1) is 15.3. The van der Waals surface area contributed by atoms with Gasteiger partial charge in [0.25, 0.3) is 0 Å². The van der Waals surface area contributed by atoms with E-state index in [4.69, 9.17) is 4.74 Å². The van der Waals surface area contributed by atoms with Gasteiger partial charge in [-0.1, -0.05) is 47.8 Å². The molecule has 1 fully saturated rings. The smallest absolute Gasteiger partial charge is 0.128 e. The van der Waals surface area contributed by atoms with Crippen LogP contribution in [0.15, 0.2) is 0 Å². The Morgan fingerprint density at radius 2 is 1.76 bits per heavy atom. The van der Waals surface area contributed by atoms with Crippen molar-refractivity contribution in [2.75, 3.05) is 11.5 Å². The molecule has 0 unspecified atom stereocenters. The lowest BCUT2D eigenvalue weighted by Gasteiger charge is -2.30. The Hall–Kier alpha value is 0.250. The molecule has 17 heavy (non-hydrogen) atoms. The molecule has 0 aliphatic heterocycles. The molecule has 98 valence electrons. The number of alkyl halides is 1. The van der Waals surface area contributed by atoms with Crippen LogP contribution >= 0.6 is 22.6 Å². The highest BCUT2D eigenvalue weighted by molar-refractivity contribution is 14.1. The maximum Gasteiger partial charge on any atom is 0.128 e. The molecule has 1 aliphatic carbocycles. The predicted molar refractivity (Wildman–Crippen MR) is 82.6 cm³/mol. The van der Waals surface area contributed by atoms with Gasteiger partial charge in [0.05, 0.1) is 0 Å². The summed E-state index contributed by atoms with van der Waals surface area (Å²) in [6, 6.07) is 0. The van der Waals surface area contributed by atoms with Gasteiger partial charge in [0.15, 0.2) is 0 Å². The number of unbranched alkanes of at least 4 members (excludes halogenated alkanes) is 4. The first-order valence-corrected chi connectivity index (χ1v) is 8.47. The predicted octanol–water partition coefficient (Wildman–Crippen LogP) is 4.72. The molecule has 0 aromatic heterocycles. The molecule has 1 rings (SSSR count). The normalized spacial score (nSPS) is 18.5. The number of methoxy groups -OCH3 is 1. The van der Waals surface area contributed by atoms with Gasteiger partial charge < -0.3 is 4.74 Å². The molecule has 1 aliphatic rings. The van der Waals surface area contributed by atoms with E-state index in [1.807, 2.05) is 7.11 Å². The summed E-state index contributed by atoms with van der Waals surface area (Å²) in [5.41, 5.74) is -0.0968. The summed E-state index contributed by atoms with van der Waals surface area (Å²) in [5.74, 6) is 6.75. The second kappa shape index (κ2) is 9.22. The SMILES string of the molecule is COC1(C#CCCCCCCI)CCCCC1. The Balaban J connectivity index is 2.21. The summed E-state index contributed by atoms with van der Waals surface area (Å²) in [6.45, 7) is 0. The van der Waals surface area contributed by atoms with Crippen LogP contribution in [0.5, 0.6) is 0 Å². The minimum absolute atomic E-state index is 0.0968. The second-order valence-electron chi connectivity index (χ2n) is 4.91. The van der Waals surface area contributed by atoms with E-state index in [1.54, 1.807) is 0 Å². The van der Waals surface area contributed by atoms with E-state index < -0.39 is 0 Å². The minimum Gasteiger partial charge on any atom is -0.366 e. The first-order valence-electron chi connectivity index (χ1n) is 6.94. The molecule has 2 heteroatoms. The summed E-state index contributed by atoms with van der Waals surface area (Å²) < 4.78 is 6.94. The highest BCUT2D eigenvalue weighted by Gasteiger charge is 2.29.